The molecule has 0 aromatic carbocycles. The average Bonchev–Trinajstić information content (AvgIpc) is 3.30. The maximum atomic E-state index is 12.9. The number of carbonyl (C=O) groups excluding carboxylic acids is 1. The molecule has 2 N–H and O–H groups in total. The van der Waals surface area contributed by atoms with Crippen molar-refractivity contribution in [2.24, 2.45) is 0 Å². The van der Waals surface area contributed by atoms with Crippen LogP contribution in [0.3, 0.4) is 0 Å². The molecule has 8 nitrogen and oxygen atoms in total. The standard InChI is InChI=1S/C59H103N2O6P/c1-6-8-10-12-14-16-18-19-20-21-22-23-24-25-26-27-28-29-30-31-32-33-34-35-36-37-38-39-40-41-43-45-47-49-51-53-59(63)60-57(56-67-68(64,65)66-55-54-61(3,4)5)58(62)52-50-48-46-44-42-17-15-13-11-9-7-2/h8,10,14,16,19-20,22-23,25-26,28-29,31-32,34-35,50,52,57-58,62H,6-7,9,11-13,15,17-18,21,24,27,30,33,36-49,51,53-56H2,1-5H3,(H-,60,63,64,65)/b10-8-,16-14-,20-19-,23-22-,26-25-,29-28-,32-31-,35-34-,52-50+. The molecule has 0 heterocycles. The first-order valence-corrected chi connectivity index (χ1v) is 28.7. The van der Waals surface area contributed by atoms with E-state index in [1.807, 2.05) is 27.2 Å². The van der Waals surface area contributed by atoms with Gasteiger partial charge in [0.15, 0.2) is 0 Å². The van der Waals surface area contributed by atoms with Crippen LogP contribution in [0.5, 0.6) is 0 Å². The second-order valence-electron chi connectivity index (χ2n) is 19.2. The molecular formula is C59H103N2O6P. The number of unbranched alkanes of at least 4 members (excludes halogenated alkanes) is 19. The molecule has 0 bridgehead atoms. The number of aliphatic hydroxyl groups excluding tert-OH is 1. The third kappa shape index (κ3) is 51.0. The number of allylic oxidation sites excluding steroid dienone is 17. The summed E-state index contributed by atoms with van der Waals surface area (Å²) in [7, 11) is 1.24. The molecule has 68 heavy (non-hydrogen) atoms. The van der Waals surface area contributed by atoms with Crippen LogP contribution in [0.15, 0.2) is 109 Å². The average molecular weight is 967 g/mol. The molecule has 0 saturated heterocycles. The van der Waals surface area contributed by atoms with Crippen molar-refractivity contribution in [3.05, 3.63) is 109 Å². The van der Waals surface area contributed by atoms with Gasteiger partial charge >= 0.3 is 0 Å². The highest BCUT2D eigenvalue weighted by molar-refractivity contribution is 7.45. The Balaban J connectivity index is 4.11. The predicted molar refractivity (Wildman–Crippen MR) is 292 cm³/mol. The summed E-state index contributed by atoms with van der Waals surface area (Å²) in [5.41, 5.74) is 0. The Morgan fingerprint density at radius 2 is 0.897 bits per heavy atom. The maximum absolute atomic E-state index is 12.9. The molecule has 0 aliphatic rings. The van der Waals surface area contributed by atoms with E-state index in [4.69, 9.17) is 9.05 Å². The highest BCUT2D eigenvalue weighted by Crippen LogP contribution is 2.38. The van der Waals surface area contributed by atoms with Gasteiger partial charge in [0, 0.05) is 6.42 Å². The van der Waals surface area contributed by atoms with Crippen molar-refractivity contribution in [2.75, 3.05) is 40.9 Å². The topological polar surface area (TPSA) is 108 Å². The number of hydrogen-bond donors (Lipinski definition) is 2. The second kappa shape index (κ2) is 49.2. The number of quaternary nitrogens is 1. The number of nitrogens with one attached hydrogen (secondary N) is 1. The monoisotopic (exact) mass is 967 g/mol. The molecule has 0 aromatic rings. The van der Waals surface area contributed by atoms with Gasteiger partial charge in [-0.05, 0) is 83.5 Å². The number of likely N-dealkylation sites (N-methyl/N-ethyl adjacent to an activating group) is 1. The first-order chi connectivity index (χ1) is 33.0. The minimum Gasteiger partial charge on any atom is -0.756 e. The lowest BCUT2D eigenvalue weighted by Crippen LogP contribution is -2.45. The molecule has 390 valence electrons. The molecule has 0 aliphatic heterocycles. The van der Waals surface area contributed by atoms with Crippen molar-refractivity contribution < 1.29 is 32.9 Å². The van der Waals surface area contributed by atoms with Crippen LogP contribution < -0.4 is 10.2 Å². The summed E-state index contributed by atoms with van der Waals surface area (Å²) >= 11 is 0. The fraction of sp³-hybridized carbons (Fsp3) is 0.678. The van der Waals surface area contributed by atoms with Crippen LogP contribution in [-0.2, 0) is 18.4 Å². The second-order valence-corrected chi connectivity index (χ2v) is 20.6. The van der Waals surface area contributed by atoms with Gasteiger partial charge < -0.3 is 28.8 Å². The molecule has 3 atom stereocenters. The van der Waals surface area contributed by atoms with Gasteiger partial charge in [0.05, 0.1) is 39.9 Å². The lowest BCUT2D eigenvalue weighted by atomic mass is 10.0. The van der Waals surface area contributed by atoms with Crippen molar-refractivity contribution in [2.45, 2.75) is 219 Å². The molecule has 0 fully saturated rings. The largest absolute Gasteiger partial charge is 0.756 e. The molecule has 0 radical (unpaired) electrons. The number of rotatable bonds is 48. The zero-order chi connectivity index (χ0) is 49.9. The maximum Gasteiger partial charge on any atom is 0.268 e. The van der Waals surface area contributed by atoms with Crippen LogP contribution in [-0.4, -0.2) is 68.5 Å². The third-order valence-electron chi connectivity index (χ3n) is 11.5. The Labute approximate surface area is 419 Å². The number of carbonyl (C=O) groups is 1. The van der Waals surface area contributed by atoms with Gasteiger partial charge in [-0.15, -0.1) is 0 Å². The molecule has 0 aliphatic carbocycles. The van der Waals surface area contributed by atoms with Gasteiger partial charge in [0.2, 0.25) is 5.91 Å². The minimum absolute atomic E-state index is 0.00684. The van der Waals surface area contributed by atoms with E-state index in [0.29, 0.717) is 17.4 Å². The number of nitrogens with zero attached hydrogens (tertiary/aromatic N) is 1. The quantitative estimate of drug-likeness (QED) is 0.0272. The SMILES string of the molecule is CC/C=C\C/C=C\C/C=C\C/C=C\C/C=C\C/C=C\C/C=C\C/C=C\CCCCCCCCCCCCC(=O)NC(COP(=O)([O-])OCC[N+](C)(C)C)C(O)/C=C/CCCCCCCCCCC. The third-order valence-corrected chi connectivity index (χ3v) is 12.5. The van der Waals surface area contributed by atoms with Crippen LogP contribution in [0.4, 0.5) is 0 Å². The minimum atomic E-state index is -4.60. The van der Waals surface area contributed by atoms with Crippen molar-refractivity contribution >= 4 is 13.7 Å². The lowest BCUT2D eigenvalue weighted by molar-refractivity contribution is -0.870. The fourth-order valence-corrected chi connectivity index (χ4v) is 7.95. The van der Waals surface area contributed by atoms with E-state index in [2.05, 4.69) is 116 Å². The summed E-state index contributed by atoms with van der Waals surface area (Å²) in [6.45, 7) is 4.50. The van der Waals surface area contributed by atoms with E-state index in [-0.39, 0.29) is 19.1 Å². The van der Waals surface area contributed by atoms with Gasteiger partial charge in [-0.2, -0.15) is 0 Å². The highest BCUT2D eigenvalue weighted by Gasteiger charge is 2.23. The van der Waals surface area contributed by atoms with Crippen LogP contribution in [0.25, 0.3) is 0 Å². The Kier molecular flexibility index (Phi) is 47.1. The molecule has 3 unspecified atom stereocenters. The van der Waals surface area contributed by atoms with E-state index in [1.54, 1.807) is 6.08 Å². The van der Waals surface area contributed by atoms with Gasteiger partial charge in [-0.3, -0.25) is 9.36 Å². The van der Waals surface area contributed by atoms with Gasteiger partial charge in [0.1, 0.15) is 13.2 Å². The van der Waals surface area contributed by atoms with Gasteiger partial charge in [-0.1, -0.05) is 226 Å². The van der Waals surface area contributed by atoms with Crippen LogP contribution >= 0.6 is 7.82 Å². The molecule has 0 rings (SSSR count). The fourth-order valence-electron chi connectivity index (χ4n) is 7.23. The lowest BCUT2D eigenvalue weighted by Gasteiger charge is -2.29. The summed E-state index contributed by atoms with van der Waals surface area (Å²) in [5.74, 6) is -0.208. The summed E-state index contributed by atoms with van der Waals surface area (Å²) in [5, 5.41) is 13.8. The Bertz CT molecular complexity index is 1470. The molecule has 9 heteroatoms. The first-order valence-electron chi connectivity index (χ1n) is 27.2. The van der Waals surface area contributed by atoms with E-state index in [0.717, 1.165) is 96.3 Å². The van der Waals surface area contributed by atoms with Crippen molar-refractivity contribution in [1.82, 2.24) is 5.32 Å². The van der Waals surface area contributed by atoms with Crippen molar-refractivity contribution in [3.8, 4) is 0 Å². The number of amides is 1. The number of hydrogen-bond acceptors (Lipinski definition) is 6. The van der Waals surface area contributed by atoms with Crippen LogP contribution in [0.1, 0.15) is 206 Å². The van der Waals surface area contributed by atoms with Crippen molar-refractivity contribution in [1.29, 1.82) is 0 Å². The number of phosphoric ester groups is 1. The molecule has 0 spiro atoms. The van der Waals surface area contributed by atoms with E-state index >= 15 is 0 Å². The summed E-state index contributed by atoms with van der Waals surface area (Å²) in [6, 6.07) is -0.894. The zero-order valence-electron chi connectivity index (χ0n) is 44.3. The molecule has 0 aromatic heterocycles. The molecule has 0 saturated carbocycles. The number of phosphoric acid groups is 1. The summed E-state index contributed by atoms with van der Waals surface area (Å²) < 4.78 is 23.2. The summed E-state index contributed by atoms with van der Waals surface area (Å²) in [6.07, 6.45) is 71.6. The number of aliphatic hydroxyl groups is 1. The Morgan fingerprint density at radius 3 is 1.31 bits per heavy atom. The smallest absolute Gasteiger partial charge is 0.268 e. The normalized spacial score (nSPS) is 14.9. The van der Waals surface area contributed by atoms with Gasteiger partial charge in [0.25, 0.3) is 7.82 Å². The highest BCUT2D eigenvalue weighted by atomic mass is 31.2. The van der Waals surface area contributed by atoms with E-state index in [1.165, 1.54) is 89.9 Å². The summed E-state index contributed by atoms with van der Waals surface area (Å²) in [4.78, 5) is 25.4. The van der Waals surface area contributed by atoms with Crippen molar-refractivity contribution in [3.63, 3.8) is 0 Å². The molecular weight excluding hydrogens is 864 g/mol. The molecule has 1 amide bonds. The van der Waals surface area contributed by atoms with Crippen LogP contribution in [0, 0.1) is 0 Å². The first kappa shape index (κ1) is 65.2. The predicted octanol–water partition coefficient (Wildman–Crippen LogP) is 15.8. The Hall–Kier alpha value is -2.84. The van der Waals surface area contributed by atoms with E-state index < -0.39 is 20.0 Å². The van der Waals surface area contributed by atoms with E-state index in [9.17, 15) is 19.4 Å². The van der Waals surface area contributed by atoms with Crippen LogP contribution in [0.2, 0.25) is 0 Å². The van der Waals surface area contributed by atoms with Gasteiger partial charge in [-0.25, -0.2) is 0 Å². The zero-order valence-corrected chi connectivity index (χ0v) is 45.2. The Morgan fingerprint density at radius 1 is 0.529 bits per heavy atom.